The monoisotopic (exact) mass is 354 g/mol. The lowest BCUT2D eigenvalue weighted by Gasteiger charge is -2.29. The van der Waals surface area contributed by atoms with Crippen molar-refractivity contribution in [3.8, 4) is 23.6 Å². The van der Waals surface area contributed by atoms with Gasteiger partial charge >= 0.3 is 0 Å². The Labute approximate surface area is 151 Å². The van der Waals surface area contributed by atoms with Gasteiger partial charge in [0.1, 0.15) is 0 Å². The highest BCUT2D eigenvalue weighted by molar-refractivity contribution is 6.03. The summed E-state index contributed by atoms with van der Waals surface area (Å²) < 4.78 is 22.0. The van der Waals surface area contributed by atoms with Gasteiger partial charge in [-0.1, -0.05) is 0 Å². The number of fused-ring (bicyclic) bond motifs is 3. The molecule has 1 spiro atoms. The first-order chi connectivity index (χ1) is 12.6. The molecule has 0 unspecified atom stereocenters. The molecule has 7 nitrogen and oxygen atoms in total. The maximum Gasteiger partial charge on any atom is 0.169 e. The van der Waals surface area contributed by atoms with Gasteiger partial charge < -0.3 is 18.9 Å². The Bertz CT molecular complexity index is 840. The van der Waals surface area contributed by atoms with Gasteiger partial charge in [-0.25, -0.2) is 0 Å². The Morgan fingerprint density at radius 2 is 1.96 bits per heavy atom. The smallest absolute Gasteiger partial charge is 0.169 e. The van der Waals surface area contributed by atoms with E-state index in [9.17, 15) is 15.3 Å². The van der Waals surface area contributed by atoms with Gasteiger partial charge in [0.25, 0.3) is 0 Å². The summed E-state index contributed by atoms with van der Waals surface area (Å²) in [7, 11) is 3.00. The number of nitriles is 2. The third-order valence-corrected chi connectivity index (χ3v) is 5.93. The zero-order valence-electron chi connectivity index (χ0n) is 14.5. The topological polar surface area (TPSA) is 102 Å². The van der Waals surface area contributed by atoms with Crippen LogP contribution in [0, 0.1) is 39.4 Å². The van der Waals surface area contributed by atoms with Crippen LogP contribution in [-0.4, -0.2) is 39.0 Å². The standard InChI is InChI=1S/C19H18N2O5/c1-23-13-4-3-11(7-14(13)24-2)15(22)16-18(9-20,10-21)19(16)6-5-12-8-25-17(19)26-12/h3-4,7,12,16-17H,5-6,8H2,1-2H3/t12-,16-,17-,19+/m0/s1. The number of rotatable bonds is 4. The second-order valence-corrected chi connectivity index (χ2v) is 6.90. The zero-order chi connectivity index (χ0) is 18.5. The molecule has 2 bridgehead atoms. The van der Waals surface area contributed by atoms with Gasteiger partial charge in [-0.15, -0.1) is 0 Å². The largest absolute Gasteiger partial charge is 0.493 e. The number of Topliss-reactive ketones (excluding diaryl/α,β-unsaturated/α-hetero) is 1. The Balaban J connectivity index is 1.74. The van der Waals surface area contributed by atoms with Gasteiger partial charge in [-0.3, -0.25) is 4.79 Å². The second-order valence-electron chi connectivity index (χ2n) is 6.90. The lowest BCUT2D eigenvalue weighted by molar-refractivity contribution is -0.140. The van der Waals surface area contributed by atoms with Crippen LogP contribution < -0.4 is 9.47 Å². The number of nitrogens with zero attached hydrogens (tertiary/aromatic N) is 2. The summed E-state index contributed by atoms with van der Waals surface area (Å²) in [5.74, 6) is -0.132. The first kappa shape index (κ1) is 16.8. The number of ketones is 1. The van der Waals surface area contributed by atoms with Crippen molar-refractivity contribution in [3.63, 3.8) is 0 Å². The van der Waals surface area contributed by atoms with Crippen molar-refractivity contribution in [2.75, 3.05) is 20.8 Å². The van der Waals surface area contributed by atoms with Crippen LogP contribution in [0.3, 0.4) is 0 Å². The van der Waals surface area contributed by atoms with Gasteiger partial charge in [-0.2, -0.15) is 10.5 Å². The van der Waals surface area contributed by atoms with Crippen molar-refractivity contribution in [1.82, 2.24) is 0 Å². The Morgan fingerprint density at radius 1 is 1.23 bits per heavy atom. The van der Waals surface area contributed by atoms with E-state index in [2.05, 4.69) is 12.1 Å². The molecule has 0 radical (unpaired) electrons. The van der Waals surface area contributed by atoms with Crippen molar-refractivity contribution in [2.24, 2.45) is 16.7 Å². The molecular formula is C19H18N2O5. The summed E-state index contributed by atoms with van der Waals surface area (Å²) in [5.41, 5.74) is -1.97. The molecule has 1 aromatic carbocycles. The van der Waals surface area contributed by atoms with Crippen molar-refractivity contribution in [3.05, 3.63) is 23.8 Å². The van der Waals surface area contributed by atoms with E-state index in [1.807, 2.05) is 0 Å². The summed E-state index contributed by atoms with van der Waals surface area (Å²) in [5, 5.41) is 19.5. The van der Waals surface area contributed by atoms with E-state index in [-0.39, 0.29) is 11.9 Å². The van der Waals surface area contributed by atoms with E-state index in [1.54, 1.807) is 18.2 Å². The van der Waals surface area contributed by atoms with Gasteiger partial charge in [0, 0.05) is 5.56 Å². The average molecular weight is 354 g/mol. The molecule has 2 heterocycles. The highest BCUT2D eigenvalue weighted by Gasteiger charge is 2.86. The number of carbonyl (C=O) groups excluding carboxylic acids is 1. The number of carbonyl (C=O) groups is 1. The molecular weight excluding hydrogens is 336 g/mol. The fourth-order valence-corrected chi connectivity index (χ4v) is 4.56. The summed E-state index contributed by atoms with van der Waals surface area (Å²) in [6.45, 7) is 0.441. The molecule has 0 N–H and O–H groups in total. The molecule has 4 rings (SSSR count). The van der Waals surface area contributed by atoms with E-state index in [4.69, 9.17) is 18.9 Å². The normalized spacial score (nSPS) is 33.2. The molecule has 1 saturated carbocycles. The van der Waals surface area contributed by atoms with Gasteiger partial charge in [0.15, 0.2) is 29.0 Å². The lowest BCUT2D eigenvalue weighted by atomic mass is 9.86. The van der Waals surface area contributed by atoms with Crippen LogP contribution in [-0.2, 0) is 9.47 Å². The van der Waals surface area contributed by atoms with E-state index in [0.29, 0.717) is 36.5 Å². The quantitative estimate of drug-likeness (QED) is 0.763. The molecule has 4 atom stereocenters. The fraction of sp³-hybridized carbons (Fsp3) is 0.526. The molecule has 2 aliphatic heterocycles. The van der Waals surface area contributed by atoms with Crippen LogP contribution >= 0.6 is 0 Å². The van der Waals surface area contributed by atoms with Crippen LogP contribution in [0.15, 0.2) is 18.2 Å². The number of benzene rings is 1. The van der Waals surface area contributed by atoms with Crippen LogP contribution in [0.1, 0.15) is 23.2 Å². The molecule has 2 saturated heterocycles. The highest BCUT2D eigenvalue weighted by Crippen LogP contribution is 2.76. The van der Waals surface area contributed by atoms with Crippen LogP contribution in [0.4, 0.5) is 0 Å². The minimum absolute atomic E-state index is 0.0156. The Kier molecular flexibility index (Phi) is 3.69. The molecule has 26 heavy (non-hydrogen) atoms. The first-order valence-corrected chi connectivity index (χ1v) is 8.43. The average Bonchev–Trinajstić information content (AvgIpc) is 3.06. The SMILES string of the molecule is COc1ccc(C(=O)[C@H]2C(C#N)(C#N)[C@]23CC[C@H]2CO[C@H]3O2)cc1OC. The Hall–Kier alpha value is -2.61. The zero-order valence-corrected chi connectivity index (χ0v) is 14.5. The van der Waals surface area contributed by atoms with Crippen LogP contribution in [0.5, 0.6) is 11.5 Å². The number of hydrogen-bond donors (Lipinski definition) is 0. The summed E-state index contributed by atoms with van der Waals surface area (Å²) >= 11 is 0. The third kappa shape index (κ3) is 1.90. The molecule has 1 aromatic rings. The van der Waals surface area contributed by atoms with Crippen LogP contribution in [0.2, 0.25) is 0 Å². The van der Waals surface area contributed by atoms with Crippen molar-refractivity contribution in [2.45, 2.75) is 25.2 Å². The molecule has 3 fully saturated rings. The lowest BCUT2D eigenvalue weighted by Crippen LogP contribution is -2.35. The Morgan fingerprint density at radius 3 is 2.62 bits per heavy atom. The van der Waals surface area contributed by atoms with E-state index in [1.165, 1.54) is 14.2 Å². The number of ether oxygens (including phenoxy) is 4. The molecule has 7 heteroatoms. The first-order valence-electron chi connectivity index (χ1n) is 8.43. The van der Waals surface area contributed by atoms with Crippen molar-refractivity contribution < 1.29 is 23.7 Å². The maximum atomic E-state index is 13.2. The number of hydrogen-bond acceptors (Lipinski definition) is 7. The van der Waals surface area contributed by atoms with Crippen molar-refractivity contribution >= 4 is 5.78 Å². The van der Waals surface area contributed by atoms with Gasteiger partial charge in [0.05, 0.1) is 50.4 Å². The summed E-state index contributed by atoms with van der Waals surface area (Å²) in [4.78, 5) is 13.2. The molecule has 3 aliphatic rings. The van der Waals surface area contributed by atoms with Crippen LogP contribution in [0.25, 0.3) is 0 Å². The molecule has 134 valence electrons. The number of methoxy groups -OCH3 is 2. The summed E-state index contributed by atoms with van der Waals surface area (Å²) in [6, 6.07) is 9.04. The predicted molar refractivity (Wildman–Crippen MR) is 87.3 cm³/mol. The van der Waals surface area contributed by atoms with E-state index in [0.717, 1.165) is 0 Å². The molecule has 1 aliphatic carbocycles. The van der Waals surface area contributed by atoms with E-state index >= 15 is 0 Å². The molecule has 0 amide bonds. The highest BCUT2D eigenvalue weighted by atomic mass is 16.7. The molecule has 0 aromatic heterocycles. The van der Waals surface area contributed by atoms with Crippen molar-refractivity contribution in [1.29, 1.82) is 10.5 Å². The van der Waals surface area contributed by atoms with E-state index < -0.39 is 23.0 Å². The third-order valence-electron chi connectivity index (χ3n) is 5.93. The van der Waals surface area contributed by atoms with Gasteiger partial charge in [-0.05, 0) is 31.0 Å². The maximum absolute atomic E-state index is 13.2. The minimum Gasteiger partial charge on any atom is -0.493 e. The van der Waals surface area contributed by atoms with Gasteiger partial charge in [0.2, 0.25) is 0 Å². The predicted octanol–water partition coefficient (Wildman–Crippen LogP) is 2.07. The fourth-order valence-electron chi connectivity index (χ4n) is 4.56. The second kappa shape index (κ2) is 5.70. The minimum atomic E-state index is -1.43. The summed E-state index contributed by atoms with van der Waals surface area (Å²) in [6.07, 6.45) is 0.539.